The van der Waals surface area contributed by atoms with Crippen molar-refractivity contribution < 1.29 is 18.3 Å². The summed E-state index contributed by atoms with van der Waals surface area (Å²) in [7, 11) is -3.28. The van der Waals surface area contributed by atoms with E-state index >= 15 is 0 Å². The van der Waals surface area contributed by atoms with Crippen molar-refractivity contribution in [3.8, 4) is 11.6 Å². The third-order valence-electron chi connectivity index (χ3n) is 2.47. The van der Waals surface area contributed by atoms with E-state index < -0.39 is 9.84 Å². The van der Waals surface area contributed by atoms with Crippen LogP contribution in [0.1, 0.15) is 5.56 Å². The van der Waals surface area contributed by atoms with E-state index in [0.29, 0.717) is 11.3 Å². The lowest BCUT2D eigenvalue weighted by molar-refractivity contribution is 0.275. The molecular formula is C13H13NO4S. The van der Waals surface area contributed by atoms with E-state index in [1.165, 1.54) is 18.3 Å². The van der Waals surface area contributed by atoms with Crippen molar-refractivity contribution in [3.05, 3.63) is 48.2 Å². The first-order valence-corrected chi connectivity index (χ1v) is 7.42. The van der Waals surface area contributed by atoms with Gasteiger partial charge in [0, 0.05) is 18.0 Å². The van der Waals surface area contributed by atoms with Gasteiger partial charge in [-0.15, -0.1) is 0 Å². The molecule has 0 radical (unpaired) electrons. The van der Waals surface area contributed by atoms with Crippen LogP contribution >= 0.6 is 0 Å². The number of ether oxygens (including phenoxy) is 1. The number of aliphatic hydroxyl groups excluding tert-OH is 1. The van der Waals surface area contributed by atoms with Crippen molar-refractivity contribution in [2.75, 3.05) is 6.26 Å². The molecule has 0 amide bonds. The van der Waals surface area contributed by atoms with E-state index in [1.807, 2.05) is 0 Å². The fourth-order valence-corrected chi connectivity index (χ4v) is 2.17. The van der Waals surface area contributed by atoms with Crippen LogP contribution in [-0.4, -0.2) is 24.8 Å². The van der Waals surface area contributed by atoms with Crippen LogP contribution in [0.3, 0.4) is 0 Å². The lowest BCUT2D eigenvalue weighted by atomic mass is 10.3. The predicted molar refractivity (Wildman–Crippen MR) is 69.8 cm³/mol. The van der Waals surface area contributed by atoms with Gasteiger partial charge in [-0.05, 0) is 30.3 Å². The van der Waals surface area contributed by atoms with Crippen LogP contribution in [0.5, 0.6) is 11.6 Å². The van der Waals surface area contributed by atoms with Gasteiger partial charge in [-0.25, -0.2) is 13.4 Å². The van der Waals surface area contributed by atoms with Gasteiger partial charge in [-0.2, -0.15) is 0 Å². The Bertz CT molecular complexity index is 683. The Hall–Kier alpha value is -1.92. The highest BCUT2D eigenvalue weighted by Gasteiger charge is 2.10. The molecule has 0 aliphatic carbocycles. The summed E-state index contributed by atoms with van der Waals surface area (Å²) in [5.41, 5.74) is 0.534. The molecule has 0 saturated carbocycles. The molecule has 0 aliphatic rings. The highest BCUT2D eigenvalue weighted by atomic mass is 32.2. The van der Waals surface area contributed by atoms with E-state index in [-0.39, 0.29) is 17.4 Å². The molecule has 1 aromatic carbocycles. The van der Waals surface area contributed by atoms with Crippen LogP contribution < -0.4 is 4.74 Å². The maximum Gasteiger partial charge on any atom is 0.224 e. The van der Waals surface area contributed by atoms with Crippen LogP contribution in [0.25, 0.3) is 0 Å². The Balaban J connectivity index is 2.34. The average Bonchev–Trinajstić information content (AvgIpc) is 2.39. The highest BCUT2D eigenvalue weighted by Crippen LogP contribution is 2.25. The lowest BCUT2D eigenvalue weighted by Crippen LogP contribution is -1.98. The summed E-state index contributed by atoms with van der Waals surface area (Å²) in [5, 5.41) is 9.16. The molecule has 0 unspecified atom stereocenters. The fraction of sp³-hybridized carbons (Fsp3) is 0.154. The summed E-state index contributed by atoms with van der Waals surface area (Å²) < 4.78 is 28.4. The molecule has 6 heteroatoms. The van der Waals surface area contributed by atoms with E-state index in [0.717, 1.165) is 6.26 Å². The van der Waals surface area contributed by atoms with Crippen LogP contribution in [0, 0.1) is 0 Å². The van der Waals surface area contributed by atoms with Crippen molar-refractivity contribution in [1.29, 1.82) is 0 Å². The zero-order chi connectivity index (χ0) is 13.9. The van der Waals surface area contributed by atoms with E-state index in [4.69, 9.17) is 9.84 Å². The molecule has 19 heavy (non-hydrogen) atoms. The Morgan fingerprint density at radius 2 is 2.05 bits per heavy atom. The third kappa shape index (κ3) is 3.30. The van der Waals surface area contributed by atoms with Crippen molar-refractivity contribution in [3.63, 3.8) is 0 Å². The Labute approximate surface area is 111 Å². The molecule has 2 rings (SSSR count). The quantitative estimate of drug-likeness (QED) is 0.923. The van der Waals surface area contributed by atoms with E-state index in [2.05, 4.69) is 4.98 Å². The van der Waals surface area contributed by atoms with Gasteiger partial charge in [0.15, 0.2) is 9.84 Å². The van der Waals surface area contributed by atoms with Gasteiger partial charge in [0.2, 0.25) is 5.88 Å². The number of rotatable bonds is 4. The Morgan fingerprint density at radius 3 is 2.74 bits per heavy atom. The van der Waals surface area contributed by atoms with Crippen LogP contribution in [0.4, 0.5) is 0 Å². The second-order valence-corrected chi connectivity index (χ2v) is 5.99. The Kier molecular flexibility index (Phi) is 3.82. The number of nitrogens with zero attached hydrogens (tertiary/aromatic N) is 1. The van der Waals surface area contributed by atoms with Gasteiger partial charge in [-0.1, -0.05) is 6.07 Å². The molecule has 1 aromatic heterocycles. The van der Waals surface area contributed by atoms with Gasteiger partial charge in [-0.3, -0.25) is 0 Å². The van der Waals surface area contributed by atoms with Crippen molar-refractivity contribution in [2.45, 2.75) is 11.5 Å². The molecule has 5 nitrogen and oxygen atoms in total. The van der Waals surface area contributed by atoms with Crippen LogP contribution in [-0.2, 0) is 16.4 Å². The van der Waals surface area contributed by atoms with E-state index in [1.54, 1.807) is 24.3 Å². The van der Waals surface area contributed by atoms with E-state index in [9.17, 15) is 8.42 Å². The summed E-state index contributed by atoms with van der Waals surface area (Å²) >= 11 is 0. The standard InChI is InChI=1S/C13H13NO4S/c1-19(16,17)12-6-2-5-11(8-12)18-13-10(9-15)4-3-7-14-13/h2-8,15H,9H2,1H3. The number of pyridine rings is 1. The van der Waals surface area contributed by atoms with Gasteiger partial charge in [0.1, 0.15) is 5.75 Å². The SMILES string of the molecule is CS(=O)(=O)c1cccc(Oc2ncccc2CO)c1. The molecule has 0 saturated heterocycles. The Morgan fingerprint density at radius 1 is 1.26 bits per heavy atom. The molecule has 1 N–H and O–H groups in total. The molecule has 100 valence electrons. The molecule has 0 bridgehead atoms. The molecule has 0 spiro atoms. The largest absolute Gasteiger partial charge is 0.439 e. The van der Waals surface area contributed by atoms with Crippen LogP contribution in [0.15, 0.2) is 47.5 Å². The molecule has 0 aliphatic heterocycles. The van der Waals surface area contributed by atoms with Gasteiger partial charge in [0.05, 0.1) is 11.5 Å². The van der Waals surface area contributed by atoms with Crippen molar-refractivity contribution >= 4 is 9.84 Å². The average molecular weight is 279 g/mol. The number of benzene rings is 1. The normalized spacial score (nSPS) is 11.3. The maximum atomic E-state index is 11.4. The van der Waals surface area contributed by atoms with Crippen molar-refractivity contribution in [1.82, 2.24) is 4.98 Å². The first-order valence-electron chi connectivity index (χ1n) is 5.53. The summed E-state index contributed by atoms with van der Waals surface area (Å²) in [5.74, 6) is 0.618. The number of sulfone groups is 1. The molecule has 0 atom stereocenters. The van der Waals surface area contributed by atoms with Gasteiger partial charge in [0.25, 0.3) is 0 Å². The first-order chi connectivity index (χ1) is 9.00. The zero-order valence-corrected chi connectivity index (χ0v) is 11.1. The zero-order valence-electron chi connectivity index (χ0n) is 10.3. The number of hydrogen-bond acceptors (Lipinski definition) is 5. The predicted octanol–water partition coefficient (Wildman–Crippen LogP) is 1.77. The van der Waals surface area contributed by atoms with Crippen molar-refractivity contribution in [2.24, 2.45) is 0 Å². The minimum atomic E-state index is -3.28. The first kappa shape index (κ1) is 13.5. The fourth-order valence-electron chi connectivity index (χ4n) is 1.52. The monoisotopic (exact) mass is 279 g/mol. The molecule has 1 heterocycles. The minimum absolute atomic E-state index is 0.173. The maximum absolute atomic E-state index is 11.4. The number of aromatic nitrogens is 1. The second-order valence-electron chi connectivity index (χ2n) is 3.97. The summed E-state index contributed by atoms with van der Waals surface area (Å²) in [6, 6.07) is 9.50. The summed E-state index contributed by atoms with van der Waals surface area (Å²) in [4.78, 5) is 4.18. The molecular weight excluding hydrogens is 266 g/mol. The summed E-state index contributed by atoms with van der Waals surface area (Å²) in [6.07, 6.45) is 2.67. The lowest BCUT2D eigenvalue weighted by Gasteiger charge is -2.08. The van der Waals surface area contributed by atoms with Crippen LogP contribution in [0.2, 0.25) is 0 Å². The number of hydrogen-bond donors (Lipinski definition) is 1. The topological polar surface area (TPSA) is 76.5 Å². The minimum Gasteiger partial charge on any atom is -0.439 e. The highest BCUT2D eigenvalue weighted by molar-refractivity contribution is 7.90. The third-order valence-corrected chi connectivity index (χ3v) is 3.58. The smallest absolute Gasteiger partial charge is 0.224 e. The number of aliphatic hydroxyl groups is 1. The van der Waals surface area contributed by atoms with Gasteiger partial charge >= 0.3 is 0 Å². The summed E-state index contributed by atoms with van der Waals surface area (Å²) in [6.45, 7) is -0.199. The van der Waals surface area contributed by atoms with Gasteiger partial charge < -0.3 is 9.84 Å². The second kappa shape index (κ2) is 5.38. The molecule has 0 fully saturated rings. The molecule has 2 aromatic rings.